The van der Waals surface area contributed by atoms with E-state index in [1.807, 2.05) is 6.92 Å². The molecule has 2 unspecified atom stereocenters. The molecule has 0 rings (SSSR count). The van der Waals surface area contributed by atoms with Gasteiger partial charge in [0.15, 0.2) is 0 Å². The van der Waals surface area contributed by atoms with Crippen molar-refractivity contribution in [2.45, 2.75) is 59.0 Å². The van der Waals surface area contributed by atoms with Crippen LogP contribution < -0.4 is 5.32 Å². The van der Waals surface area contributed by atoms with Crippen LogP contribution in [0, 0.1) is 5.92 Å². The molecule has 84 valence electrons. The molecule has 0 heterocycles. The zero-order valence-corrected chi connectivity index (χ0v) is 9.71. The molecule has 0 aromatic rings. The van der Waals surface area contributed by atoms with Gasteiger partial charge in [0, 0.05) is 6.04 Å². The molecule has 3 nitrogen and oxygen atoms in total. The quantitative estimate of drug-likeness (QED) is 0.664. The lowest BCUT2D eigenvalue weighted by Crippen LogP contribution is -2.45. The van der Waals surface area contributed by atoms with Crippen molar-refractivity contribution >= 4 is 5.97 Å². The molecule has 3 heteroatoms. The summed E-state index contributed by atoms with van der Waals surface area (Å²) >= 11 is 0. The number of carbonyl (C=O) groups is 1. The summed E-state index contributed by atoms with van der Waals surface area (Å²) in [6.07, 6.45) is 2.59. The van der Waals surface area contributed by atoms with Crippen LogP contribution >= 0.6 is 0 Å². The van der Waals surface area contributed by atoms with E-state index in [0.29, 0.717) is 18.4 Å². The number of rotatable bonds is 7. The molecule has 2 atom stereocenters. The topological polar surface area (TPSA) is 49.3 Å². The lowest BCUT2D eigenvalue weighted by Gasteiger charge is -2.25. The van der Waals surface area contributed by atoms with Crippen LogP contribution in [0.3, 0.4) is 0 Å². The third kappa shape index (κ3) is 4.61. The molecular weight excluding hydrogens is 178 g/mol. The minimum atomic E-state index is -0.731. The van der Waals surface area contributed by atoms with Crippen LogP contribution in [0.15, 0.2) is 0 Å². The van der Waals surface area contributed by atoms with Crippen molar-refractivity contribution in [3.8, 4) is 0 Å². The highest BCUT2D eigenvalue weighted by Crippen LogP contribution is 2.08. The molecule has 0 amide bonds. The standard InChI is InChI=1S/C11H23NO2/c1-5-7-10(11(13)14)12-9(6-2)8(3)4/h8-10,12H,5-7H2,1-4H3,(H,13,14). The van der Waals surface area contributed by atoms with Gasteiger partial charge in [-0.1, -0.05) is 34.1 Å². The van der Waals surface area contributed by atoms with E-state index in [9.17, 15) is 4.79 Å². The number of aliphatic carboxylic acids is 1. The maximum atomic E-state index is 10.9. The molecule has 0 bridgehead atoms. The lowest BCUT2D eigenvalue weighted by atomic mass is 10.00. The maximum absolute atomic E-state index is 10.9. The Bertz CT molecular complexity index is 169. The third-order valence-corrected chi connectivity index (χ3v) is 2.54. The second-order valence-corrected chi connectivity index (χ2v) is 4.10. The Balaban J connectivity index is 4.18. The van der Waals surface area contributed by atoms with Crippen molar-refractivity contribution in [2.75, 3.05) is 0 Å². The molecule has 0 spiro atoms. The number of hydrogen-bond acceptors (Lipinski definition) is 2. The third-order valence-electron chi connectivity index (χ3n) is 2.54. The minimum absolute atomic E-state index is 0.308. The molecule has 0 aromatic heterocycles. The van der Waals surface area contributed by atoms with Crippen molar-refractivity contribution in [3.05, 3.63) is 0 Å². The Labute approximate surface area is 86.9 Å². The summed E-state index contributed by atoms with van der Waals surface area (Å²) in [5, 5.41) is 12.2. The summed E-state index contributed by atoms with van der Waals surface area (Å²) in [7, 11) is 0. The van der Waals surface area contributed by atoms with Gasteiger partial charge in [0.05, 0.1) is 0 Å². The normalized spacial score (nSPS) is 15.5. The van der Waals surface area contributed by atoms with Crippen molar-refractivity contribution in [1.29, 1.82) is 0 Å². The van der Waals surface area contributed by atoms with E-state index in [4.69, 9.17) is 5.11 Å². The van der Waals surface area contributed by atoms with Crippen LogP contribution in [0.5, 0.6) is 0 Å². The van der Waals surface area contributed by atoms with Gasteiger partial charge in [-0.25, -0.2) is 0 Å². The molecule has 0 aromatic carbocycles. The Hall–Kier alpha value is -0.570. The fourth-order valence-electron chi connectivity index (χ4n) is 1.61. The summed E-state index contributed by atoms with van der Waals surface area (Å²) < 4.78 is 0. The summed E-state index contributed by atoms with van der Waals surface area (Å²) in [5.74, 6) is -0.246. The van der Waals surface area contributed by atoms with Gasteiger partial charge in [-0.2, -0.15) is 0 Å². The van der Waals surface area contributed by atoms with E-state index in [1.165, 1.54) is 0 Å². The average Bonchev–Trinajstić information content (AvgIpc) is 2.11. The maximum Gasteiger partial charge on any atom is 0.320 e. The van der Waals surface area contributed by atoms with E-state index in [2.05, 4.69) is 26.1 Å². The molecule has 0 fully saturated rings. The number of carboxylic acids is 1. The first-order valence-corrected chi connectivity index (χ1v) is 5.51. The largest absolute Gasteiger partial charge is 0.480 e. The van der Waals surface area contributed by atoms with Gasteiger partial charge in [-0.3, -0.25) is 4.79 Å². The summed E-state index contributed by atoms with van der Waals surface area (Å²) in [6.45, 7) is 8.33. The highest BCUT2D eigenvalue weighted by molar-refractivity contribution is 5.73. The van der Waals surface area contributed by atoms with Gasteiger partial charge in [0.25, 0.3) is 0 Å². The SMILES string of the molecule is CCCC(NC(CC)C(C)C)C(=O)O. The molecule has 2 N–H and O–H groups in total. The fourth-order valence-corrected chi connectivity index (χ4v) is 1.61. The minimum Gasteiger partial charge on any atom is -0.480 e. The van der Waals surface area contributed by atoms with E-state index < -0.39 is 5.97 Å². The Morgan fingerprint density at radius 3 is 2.21 bits per heavy atom. The van der Waals surface area contributed by atoms with E-state index in [0.717, 1.165) is 12.8 Å². The van der Waals surface area contributed by atoms with Crippen LogP contribution in [0.1, 0.15) is 47.0 Å². The molecule has 0 saturated carbocycles. The van der Waals surface area contributed by atoms with E-state index >= 15 is 0 Å². The van der Waals surface area contributed by atoms with Gasteiger partial charge < -0.3 is 10.4 Å². The number of carboxylic acid groups (broad SMARTS) is 1. The Morgan fingerprint density at radius 1 is 1.36 bits per heavy atom. The molecule has 0 radical (unpaired) electrons. The van der Waals surface area contributed by atoms with Crippen molar-refractivity contribution in [3.63, 3.8) is 0 Å². The Morgan fingerprint density at radius 2 is 1.93 bits per heavy atom. The first kappa shape index (κ1) is 13.4. The highest BCUT2D eigenvalue weighted by Gasteiger charge is 2.21. The number of hydrogen-bond donors (Lipinski definition) is 2. The summed E-state index contributed by atoms with van der Waals surface area (Å²) in [5.41, 5.74) is 0. The van der Waals surface area contributed by atoms with Crippen LogP contribution in [-0.4, -0.2) is 23.2 Å². The predicted molar refractivity (Wildman–Crippen MR) is 58.4 cm³/mol. The summed E-state index contributed by atoms with van der Waals surface area (Å²) in [4.78, 5) is 10.9. The zero-order chi connectivity index (χ0) is 11.1. The first-order valence-electron chi connectivity index (χ1n) is 5.51. The van der Waals surface area contributed by atoms with Gasteiger partial charge in [0.2, 0.25) is 0 Å². The fraction of sp³-hybridized carbons (Fsp3) is 0.909. The molecule has 0 aliphatic heterocycles. The number of nitrogens with one attached hydrogen (secondary N) is 1. The smallest absolute Gasteiger partial charge is 0.320 e. The Kier molecular flexibility index (Phi) is 6.54. The molecule has 0 saturated heterocycles. The second kappa shape index (κ2) is 6.82. The van der Waals surface area contributed by atoms with E-state index in [-0.39, 0.29) is 6.04 Å². The second-order valence-electron chi connectivity index (χ2n) is 4.10. The van der Waals surface area contributed by atoms with Gasteiger partial charge in [0.1, 0.15) is 6.04 Å². The lowest BCUT2D eigenvalue weighted by molar-refractivity contribution is -0.140. The van der Waals surface area contributed by atoms with Crippen molar-refractivity contribution < 1.29 is 9.90 Å². The molecule has 14 heavy (non-hydrogen) atoms. The van der Waals surface area contributed by atoms with Crippen LogP contribution in [0.4, 0.5) is 0 Å². The van der Waals surface area contributed by atoms with Gasteiger partial charge in [-0.15, -0.1) is 0 Å². The van der Waals surface area contributed by atoms with E-state index in [1.54, 1.807) is 0 Å². The monoisotopic (exact) mass is 201 g/mol. The molecule has 0 aliphatic carbocycles. The predicted octanol–water partition coefficient (Wildman–Crippen LogP) is 2.26. The van der Waals surface area contributed by atoms with Gasteiger partial charge in [-0.05, 0) is 18.8 Å². The highest BCUT2D eigenvalue weighted by atomic mass is 16.4. The average molecular weight is 201 g/mol. The van der Waals surface area contributed by atoms with Crippen LogP contribution in [0.25, 0.3) is 0 Å². The van der Waals surface area contributed by atoms with Crippen LogP contribution in [0.2, 0.25) is 0 Å². The van der Waals surface area contributed by atoms with Gasteiger partial charge >= 0.3 is 5.97 Å². The van der Waals surface area contributed by atoms with Crippen molar-refractivity contribution in [1.82, 2.24) is 5.32 Å². The molecular formula is C11H23NO2. The molecule has 0 aliphatic rings. The first-order chi connectivity index (χ1) is 6.52. The van der Waals surface area contributed by atoms with Crippen LogP contribution in [-0.2, 0) is 4.79 Å². The summed E-state index contributed by atoms with van der Waals surface area (Å²) in [6, 6.07) is -0.0741. The van der Waals surface area contributed by atoms with Crippen molar-refractivity contribution in [2.24, 2.45) is 5.92 Å². The zero-order valence-electron chi connectivity index (χ0n) is 9.71.